The zero-order valence-electron chi connectivity index (χ0n) is 13.0. The summed E-state index contributed by atoms with van der Waals surface area (Å²) in [7, 11) is 0. The van der Waals surface area contributed by atoms with E-state index >= 15 is 0 Å². The largest absolute Gasteiger partial charge is 0.341 e. The molecule has 4 nitrogen and oxygen atoms in total. The number of nitrogens with zero attached hydrogens (tertiary/aromatic N) is 3. The summed E-state index contributed by atoms with van der Waals surface area (Å²) in [4.78, 5) is 21.2. The molecule has 0 atom stereocenters. The predicted molar refractivity (Wildman–Crippen MR) is 83.0 cm³/mol. The summed E-state index contributed by atoms with van der Waals surface area (Å²) in [5.74, 6) is 1.10. The van der Waals surface area contributed by atoms with Crippen LogP contribution in [0.3, 0.4) is 0 Å². The van der Waals surface area contributed by atoms with Gasteiger partial charge in [0.1, 0.15) is 0 Å². The van der Waals surface area contributed by atoms with E-state index in [0.29, 0.717) is 17.9 Å². The Morgan fingerprint density at radius 1 is 1.29 bits per heavy atom. The fraction of sp³-hybridized carbons (Fsp3) is 0.647. The van der Waals surface area contributed by atoms with Crippen LogP contribution in [-0.2, 0) is 4.79 Å². The summed E-state index contributed by atoms with van der Waals surface area (Å²) in [6.45, 7) is 8.33. The molecular weight excluding hydrogens is 262 g/mol. The Bertz CT molecular complexity index is 474. The second-order valence-electron chi connectivity index (χ2n) is 6.63. The summed E-state index contributed by atoms with van der Waals surface area (Å²) < 4.78 is 0. The number of carbonyl (C=O) groups excluding carboxylic acids is 1. The van der Waals surface area contributed by atoms with Crippen LogP contribution in [0, 0.1) is 5.92 Å². The average Bonchev–Trinajstić information content (AvgIpc) is 2.47. The van der Waals surface area contributed by atoms with Crippen molar-refractivity contribution < 1.29 is 4.79 Å². The molecule has 2 aliphatic rings. The van der Waals surface area contributed by atoms with Crippen LogP contribution in [-0.4, -0.2) is 52.9 Å². The highest BCUT2D eigenvalue weighted by molar-refractivity contribution is 5.80. The molecule has 0 N–H and O–H groups in total. The molecule has 0 bridgehead atoms. The molecular formula is C17H25N3O. The van der Waals surface area contributed by atoms with Gasteiger partial charge in [-0.05, 0) is 51.4 Å². The molecule has 1 aromatic rings. The van der Waals surface area contributed by atoms with Gasteiger partial charge in [-0.1, -0.05) is 6.07 Å². The van der Waals surface area contributed by atoms with E-state index in [1.807, 2.05) is 17.2 Å². The van der Waals surface area contributed by atoms with Gasteiger partial charge in [0.25, 0.3) is 0 Å². The number of hydrogen-bond acceptors (Lipinski definition) is 3. The van der Waals surface area contributed by atoms with Crippen LogP contribution in [0.2, 0.25) is 0 Å². The highest BCUT2D eigenvalue weighted by Crippen LogP contribution is 2.30. The molecule has 3 rings (SSSR count). The van der Waals surface area contributed by atoms with Crippen LogP contribution in [0.5, 0.6) is 0 Å². The zero-order valence-corrected chi connectivity index (χ0v) is 13.0. The molecule has 2 fully saturated rings. The van der Waals surface area contributed by atoms with Gasteiger partial charge < -0.3 is 9.80 Å². The van der Waals surface area contributed by atoms with Crippen molar-refractivity contribution in [2.24, 2.45) is 5.92 Å². The van der Waals surface area contributed by atoms with Gasteiger partial charge in [0.15, 0.2) is 0 Å². The quantitative estimate of drug-likeness (QED) is 0.854. The van der Waals surface area contributed by atoms with Crippen molar-refractivity contribution >= 4 is 5.91 Å². The maximum absolute atomic E-state index is 12.5. The second kappa shape index (κ2) is 6.14. The van der Waals surface area contributed by atoms with Crippen molar-refractivity contribution in [3.05, 3.63) is 30.1 Å². The van der Waals surface area contributed by atoms with Crippen molar-refractivity contribution in [2.45, 2.75) is 38.6 Å². The Kier molecular flexibility index (Phi) is 4.24. The minimum Gasteiger partial charge on any atom is -0.341 e. The van der Waals surface area contributed by atoms with Crippen LogP contribution < -0.4 is 0 Å². The first kappa shape index (κ1) is 14.5. The van der Waals surface area contributed by atoms with Crippen LogP contribution in [0.15, 0.2) is 24.5 Å². The lowest BCUT2D eigenvalue weighted by Crippen LogP contribution is -2.52. The molecule has 21 heavy (non-hydrogen) atoms. The van der Waals surface area contributed by atoms with E-state index in [4.69, 9.17) is 0 Å². The molecule has 3 heterocycles. The van der Waals surface area contributed by atoms with Gasteiger partial charge in [0, 0.05) is 43.4 Å². The molecule has 0 aromatic carbocycles. The Morgan fingerprint density at radius 3 is 2.57 bits per heavy atom. The van der Waals surface area contributed by atoms with E-state index in [1.54, 1.807) is 6.20 Å². The topological polar surface area (TPSA) is 36.4 Å². The Labute approximate surface area is 127 Å². The highest BCUT2D eigenvalue weighted by Gasteiger charge is 2.36. The average molecular weight is 287 g/mol. The lowest BCUT2D eigenvalue weighted by atomic mass is 9.88. The van der Waals surface area contributed by atoms with E-state index < -0.39 is 0 Å². The van der Waals surface area contributed by atoms with E-state index in [9.17, 15) is 4.79 Å². The molecule has 0 saturated carbocycles. The van der Waals surface area contributed by atoms with Crippen LogP contribution in [0.25, 0.3) is 0 Å². The summed E-state index contributed by atoms with van der Waals surface area (Å²) in [5, 5.41) is 0. The molecule has 0 spiro atoms. The summed E-state index contributed by atoms with van der Waals surface area (Å²) in [6.07, 6.45) is 5.76. The number of carbonyl (C=O) groups is 1. The summed E-state index contributed by atoms with van der Waals surface area (Å²) in [6, 6.07) is 4.68. The van der Waals surface area contributed by atoms with E-state index in [-0.39, 0.29) is 5.92 Å². The van der Waals surface area contributed by atoms with E-state index in [2.05, 4.69) is 29.8 Å². The summed E-state index contributed by atoms with van der Waals surface area (Å²) >= 11 is 0. The SMILES string of the molecule is CC(C)N1CCC(C(=O)N2CC(c3cccnc3)C2)CC1. The highest BCUT2D eigenvalue weighted by atomic mass is 16.2. The van der Waals surface area contributed by atoms with Gasteiger partial charge >= 0.3 is 0 Å². The third-order valence-electron chi connectivity index (χ3n) is 4.96. The maximum atomic E-state index is 12.5. The van der Waals surface area contributed by atoms with Gasteiger partial charge in [-0.3, -0.25) is 9.78 Å². The van der Waals surface area contributed by atoms with Crippen molar-refractivity contribution in [1.82, 2.24) is 14.8 Å². The predicted octanol–water partition coefficient (Wildman–Crippen LogP) is 2.13. The number of pyridine rings is 1. The molecule has 114 valence electrons. The number of piperidine rings is 1. The molecule has 2 aliphatic heterocycles. The summed E-state index contributed by atoms with van der Waals surface area (Å²) in [5.41, 5.74) is 1.26. The van der Waals surface area contributed by atoms with Gasteiger partial charge in [0.05, 0.1) is 0 Å². The Balaban J connectivity index is 1.48. The fourth-order valence-corrected chi connectivity index (χ4v) is 3.41. The first-order chi connectivity index (χ1) is 10.1. The van der Waals surface area contributed by atoms with Crippen molar-refractivity contribution in [2.75, 3.05) is 26.2 Å². The maximum Gasteiger partial charge on any atom is 0.225 e. The minimum absolute atomic E-state index is 0.245. The molecule has 2 saturated heterocycles. The first-order valence-electron chi connectivity index (χ1n) is 8.08. The minimum atomic E-state index is 0.245. The van der Waals surface area contributed by atoms with Crippen LogP contribution >= 0.6 is 0 Å². The second-order valence-corrected chi connectivity index (χ2v) is 6.63. The number of hydrogen-bond donors (Lipinski definition) is 0. The smallest absolute Gasteiger partial charge is 0.225 e. The zero-order chi connectivity index (χ0) is 14.8. The number of amides is 1. The lowest BCUT2D eigenvalue weighted by molar-refractivity contribution is -0.141. The molecule has 4 heteroatoms. The van der Waals surface area contributed by atoms with Crippen molar-refractivity contribution in [3.63, 3.8) is 0 Å². The van der Waals surface area contributed by atoms with Crippen LogP contribution in [0.1, 0.15) is 38.2 Å². The van der Waals surface area contributed by atoms with E-state index in [1.165, 1.54) is 5.56 Å². The fourth-order valence-electron chi connectivity index (χ4n) is 3.41. The van der Waals surface area contributed by atoms with Crippen molar-refractivity contribution in [3.8, 4) is 0 Å². The number of likely N-dealkylation sites (tertiary alicyclic amines) is 2. The normalized spacial score (nSPS) is 21.6. The van der Waals surface area contributed by atoms with Crippen molar-refractivity contribution in [1.29, 1.82) is 0 Å². The number of aromatic nitrogens is 1. The molecule has 0 radical (unpaired) electrons. The lowest BCUT2D eigenvalue weighted by Gasteiger charge is -2.43. The Hall–Kier alpha value is -1.42. The van der Waals surface area contributed by atoms with E-state index in [0.717, 1.165) is 39.0 Å². The third-order valence-corrected chi connectivity index (χ3v) is 4.96. The van der Waals surface area contributed by atoms with Gasteiger partial charge in [-0.25, -0.2) is 0 Å². The monoisotopic (exact) mass is 287 g/mol. The third kappa shape index (κ3) is 3.10. The van der Waals surface area contributed by atoms with Gasteiger partial charge in [0.2, 0.25) is 5.91 Å². The molecule has 1 amide bonds. The Morgan fingerprint density at radius 2 is 2.00 bits per heavy atom. The molecule has 1 aromatic heterocycles. The first-order valence-corrected chi connectivity index (χ1v) is 8.08. The standard InChI is InChI=1S/C17H25N3O/c1-13(2)19-8-5-14(6-9-19)17(21)20-11-16(12-20)15-4-3-7-18-10-15/h3-4,7,10,13-14,16H,5-6,8-9,11-12H2,1-2H3. The van der Waals surface area contributed by atoms with Gasteiger partial charge in [-0.2, -0.15) is 0 Å². The number of rotatable bonds is 3. The van der Waals surface area contributed by atoms with Crippen LogP contribution in [0.4, 0.5) is 0 Å². The molecule has 0 aliphatic carbocycles. The van der Waals surface area contributed by atoms with Gasteiger partial charge in [-0.15, -0.1) is 0 Å². The molecule has 0 unspecified atom stereocenters.